The van der Waals surface area contributed by atoms with Crippen molar-refractivity contribution in [1.29, 1.82) is 0 Å². The van der Waals surface area contributed by atoms with Gasteiger partial charge >= 0.3 is 0 Å². The van der Waals surface area contributed by atoms with Crippen molar-refractivity contribution in [2.45, 2.75) is 25.8 Å². The minimum absolute atomic E-state index is 0.239. The second-order valence-electron chi connectivity index (χ2n) is 4.39. The summed E-state index contributed by atoms with van der Waals surface area (Å²) in [6.07, 6.45) is 3.46. The van der Waals surface area contributed by atoms with Crippen molar-refractivity contribution < 1.29 is 8.81 Å². The lowest BCUT2D eigenvalue weighted by atomic mass is 10.1. The number of furan rings is 1. The molecular formula is C14H17FN2O. The molecule has 2 rings (SSSR count). The molecule has 1 unspecified atom stereocenters. The molecule has 0 spiro atoms. The molecular weight excluding hydrogens is 231 g/mol. The molecule has 0 radical (unpaired) electrons. The van der Waals surface area contributed by atoms with Crippen LogP contribution in [0.3, 0.4) is 0 Å². The zero-order valence-corrected chi connectivity index (χ0v) is 10.3. The van der Waals surface area contributed by atoms with E-state index in [0.717, 1.165) is 24.3 Å². The standard InChI is InChI=1S/C14H17FN2O/c1-10(4-6-12-3-2-8-18-12)17-14-7-5-11(15)9-13(14)16/h2-3,5,7-10,17H,4,6,16H2,1H3. The molecule has 0 amide bonds. The van der Waals surface area contributed by atoms with Crippen LogP contribution >= 0.6 is 0 Å². The zero-order chi connectivity index (χ0) is 13.0. The van der Waals surface area contributed by atoms with E-state index in [1.807, 2.05) is 12.1 Å². The quantitative estimate of drug-likeness (QED) is 0.797. The van der Waals surface area contributed by atoms with Crippen molar-refractivity contribution in [3.63, 3.8) is 0 Å². The molecule has 4 heteroatoms. The molecule has 0 aliphatic carbocycles. The molecule has 1 heterocycles. The Morgan fingerprint density at radius 3 is 2.89 bits per heavy atom. The Bertz CT molecular complexity index is 497. The van der Waals surface area contributed by atoms with E-state index in [1.165, 1.54) is 12.1 Å². The normalized spacial score (nSPS) is 12.3. The summed E-state index contributed by atoms with van der Waals surface area (Å²) in [6, 6.07) is 8.46. The Labute approximate surface area is 106 Å². The SMILES string of the molecule is CC(CCc1ccco1)Nc1ccc(F)cc1N. The molecule has 0 fully saturated rings. The second kappa shape index (κ2) is 5.58. The summed E-state index contributed by atoms with van der Waals surface area (Å²) in [5.41, 5.74) is 6.94. The van der Waals surface area contributed by atoms with E-state index in [9.17, 15) is 4.39 Å². The summed E-state index contributed by atoms with van der Waals surface area (Å²) in [5, 5.41) is 3.27. The molecule has 3 N–H and O–H groups in total. The molecule has 0 bridgehead atoms. The smallest absolute Gasteiger partial charge is 0.125 e. The number of halogens is 1. The van der Waals surface area contributed by atoms with E-state index in [0.29, 0.717) is 5.69 Å². The highest BCUT2D eigenvalue weighted by molar-refractivity contribution is 5.66. The minimum atomic E-state index is -0.318. The Morgan fingerprint density at radius 2 is 2.22 bits per heavy atom. The highest BCUT2D eigenvalue weighted by atomic mass is 19.1. The van der Waals surface area contributed by atoms with E-state index < -0.39 is 0 Å². The van der Waals surface area contributed by atoms with Crippen LogP contribution < -0.4 is 11.1 Å². The number of nitrogen functional groups attached to an aromatic ring is 1. The van der Waals surface area contributed by atoms with Crippen LogP contribution in [0.25, 0.3) is 0 Å². The zero-order valence-electron chi connectivity index (χ0n) is 10.3. The third kappa shape index (κ3) is 3.26. The van der Waals surface area contributed by atoms with Gasteiger partial charge in [-0.2, -0.15) is 0 Å². The first-order valence-electron chi connectivity index (χ1n) is 5.99. The summed E-state index contributed by atoms with van der Waals surface area (Å²) in [6.45, 7) is 2.06. The summed E-state index contributed by atoms with van der Waals surface area (Å²) >= 11 is 0. The van der Waals surface area contributed by atoms with Gasteiger partial charge in [-0.1, -0.05) is 0 Å². The Kier molecular flexibility index (Phi) is 3.87. The van der Waals surface area contributed by atoms with Crippen LogP contribution in [0.5, 0.6) is 0 Å². The van der Waals surface area contributed by atoms with Crippen molar-refractivity contribution in [3.8, 4) is 0 Å². The largest absolute Gasteiger partial charge is 0.469 e. The molecule has 0 saturated heterocycles. The van der Waals surface area contributed by atoms with Gasteiger partial charge in [0.15, 0.2) is 0 Å². The summed E-state index contributed by atoms with van der Waals surface area (Å²) in [4.78, 5) is 0. The summed E-state index contributed by atoms with van der Waals surface area (Å²) in [7, 11) is 0. The first kappa shape index (κ1) is 12.5. The van der Waals surface area contributed by atoms with Gasteiger partial charge in [0, 0.05) is 12.5 Å². The van der Waals surface area contributed by atoms with Gasteiger partial charge < -0.3 is 15.5 Å². The molecule has 1 aromatic heterocycles. The van der Waals surface area contributed by atoms with Gasteiger partial charge in [-0.15, -0.1) is 0 Å². The van der Waals surface area contributed by atoms with Gasteiger partial charge in [0.25, 0.3) is 0 Å². The van der Waals surface area contributed by atoms with Crippen LogP contribution in [0.2, 0.25) is 0 Å². The summed E-state index contributed by atoms with van der Waals surface area (Å²) < 4.78 is 18.2. The maximum atomic E-state index is 12.9. The van der Waals surface area contributed by atoms with Crippen LogP contribution in [0.4, 0.5) is 15.8 Å². The van der Waals surface area contributed by atoms with Crippen molar-refractivity contribution in [3.05, 3.63) is 48.2 Å². The third-order valence-corrected chi connectivity index (χ3v) is 2.82. The second-order valence-corrected chi connectivity index (χ2v) is 4.39. The maximum absolute atomic E-state index is 12.9. The average molecular weight is 248 g/mol. The van der Waals surface area contributed by atoms with Crippen LogP contribution in [0.1, 0.15) is 19.1 Å². The average Bonchev–Trinajstić information content (AvgIpc) is 2.83. The molecule has 96 valence electrons. The predicted molar refractivity (Wildman–Crippen MR) is 70.9 cm³/mol. The number of anilines is 2. The topological polar surface area (TPSA) is 51.2 Å². The van der Waals surface area contributed by atoms with Gasteiger partial charge in [0.2, 0.25) is 0 Å². The molecule has 1 atom stereocenters. The number of benzene rings is 1. The Morgan fingerprint density at radius 1 is 1.39 bits per heavy atom. The van der Waals surface area contributed by atoms with Gasteiger partial charge in [0.05, 0.1) is 17.6 Å². The Hall–Kier alpha value is -1.97. The van der Waals surface area contributed by atoms with E-state index in [2.05, 4.69) is 12.2 Å². The van der Waals surface area contributed by atoms with Gasteiger partial charge in [-0.05, 0) is 43.7 Å². The molecule has 0 aliphatic heterocycles. The first-order chi connectivity index (χ1) is 8.65. The number of hydrogen-bond acceptors (Lipinski definition) is 3. The fourth-order valence-corrected chi connectivity index (χ4v) is 1.82. The highest BCUT2D eigenvalue weighted by Crippen LogP contribution is 2.20. The molecule has 0 saturated carbocycles. The van der Waals surface area contributed by atoms with E-state index in [4.69, 9.17) is 10.2 Å². The van der Waals surface area contributed by atoms with Crippen molar-refractivity contribution in [1.82, 2.24) is 0 Å². The molecule has 2 aromatic rings. The lowest BCUT2D eigenvalue weighted by Gasteiger charge is -2.16. The third-order valence-electron chi connectivity index (χ3n) is 2.82. The van der Waals surface area contributed by atoms with E-state index >= 15 is 0 Å². The van der Waals surface area contributed by atoms with Crippen molar-refractivity contribution in [2.24, 2.45) is 0 Å². The molecule has 3 nitrogen and oxygen atoms in total. The van der Waals surface area contributed by atoms with Crippen LogP contribution in [-0.4, -0.2) is 6.04 Å². The number of nitrogens with one attached hydrogen (secondary N) is 1. The Balaban J connectivity index is 1.88. The van der Waals surface area contributed by atoms with Crippen LogP contribution in [0, 0.1) is 5.82 Å². The highest BCUT2D eigenvalue weighted by Gasteiger charge is 2.07. The van der Waals surface area contributed by atoms with Gasteiger partial charge in [-0.25, -0.2) is 4.39 Å². The van der Waals surface area contributed by atoms with Crippen molar-refractivity contribution in [2.75, 3.05) is 11.1 Å². The fourth-order valence-electron chi connectivity index (χ4n) is 1.82. The fraction of sp³-hybridized carbons (Fsp3) is 0.286. The van der Waals surface area contributed by atoms with E-state index in [1.54, 1.807) is 12.3 Å². The van der Waals surface area contributed by atoms with E-state index in [-0.39, 0.29) is 11.9 Å². The first-order valence-corrected chi connectivity index (χ1v) is 5.99. The molecule has 18 heavy (non-hydrogen) atoms. The number of rotatable bonds is 5. The monoisotopic (exact) mass is 248 g/mol. The van der Waals surface area contributed by atoms with Crippen LogP contribution in [-0.2, 0) is 6.42 Å². The van der Waals surface area contributed by atoms with Gasteiger partial charge in [0.1, 0.15) is 11.6 Å². The molecule has 1 aromatic carbocycles. The van der Waals surface area contributed by atoms with Crippen LogP contribution in [0.15, 0.2) is 41.0 Å². The summed E-state index contributed by atoms with van der Waals surface area (Å²) in [5.74, 6) is 0.650. The number of hydrogen-bond donors (Lipinski definition) is 2. The lowest BCUT2D eigenvalue weighted by Crippen LogP contribution is -2.16. The van der Waals surface area contributed by atoms with Crippen molar-refractivity contribution >= 4 is 11.4 Å². The lowest BCUT2D eigenvalue weighted by molar-refractivity contribution is 0.495. The number of aryl methyl sites for hydroxylation is 1. The van der Waals surface area contributed by atoms with Gasteiger partial charge in [-0.3, -0.25) is 0 Å². The number of nitrogens with two attached hydrogens (primary N) is 1. The maximum Gasteiger partial charge on any atom is 0.125 e. The molecule has 0 aliphatic rings. The minimum Gasteiger partial charge on any atom is -0.469 e. The predicted octanol–water partition coefficient (Wildman–Crippen LogP) is 3.43.